The summed E-state index contributed by atoms with van der Waals surface area (Å²) in [6, 6.07) is 0. The SMILES string of the molecule is CC1C(=O)CN(C(=O)OC(C)(C)C)C1=O. The second-order valence-corrected chi connectivity index (χ2v) is 4.59. The van der Waals surface area contributed by atoms with Crippen LogP contribution in [0.4, 0.5) is 4.79 Å². The molecule has 0 aliphatic carbocycles. The predicted octanol–water partition coefficient (Wildman–Crippen LogP) is 0.969. The van der Waals surface area contributed by atoms with Gasteiger partial charge in [0.25, 0.3) is 0 Å². The van der Waals surface area contributed by atoms with Gasteiger partial charge in [-0.2, -0.15) is 0 Å². The molecule has 0 radical (unpaired) electrons. The molecule has 1 rings (SSSR count). The van der Waals surface area contributed by atoms with E-state index in [9.17, 15) is 14.4 Å². The lowest BCUT2D eigenvalue weighted by molar-refractivity contribution is -0.130. The lowest BCUT2D eigenvalue weighted by Crippen LogP contribution is -2.38. The summed E-state index contributed by atoms with van der Waals surface area (Å²) in [5, 5.41) is 0. The van der Waals surface area contributed by atoms with Gasteiger partial charge in [0.2, 0.25) is 5.91 Å². The second kappa shape index (κ2) is 3.64. The molecule has 1 heterocycles. The van der Waals surface area contributed by atoms with E-state index in [1.165, 1.54) is 6.92 Å². The topological polar surface area (TPSA) is 63.7 Å². The number of hydrogen-bond acceptors (Lipinski definition) is 4. The molecule has 1 unspecified atom stereocenters. The van der Waals surface area contributed by atoms with E-state index in [1.807, 2.05) is 0 Å². The third-order valence-corrected chi connectivity index (χ3v) is 2.05. The fourth-order valence-corrected chi connectivity index (χ4v) is 1.21. The molecule has 5 heteroatoms. The summed E-state index contributed by atoms with van der Waals surface area (Å²) < 4.78 is 5.00. The zero-order valence-electron chi connectivity index (χ0n) is 9.36. The van der Waals surface area contributed by atoms with E-state index < -0.39 is 23.5 Å². The van der Waals surface area contributed by atoms with E-state index in [0.717, 1.165) is 4.90 Å². The van der Waals surface area contributed by atoms with Crippen molar-refractivity contribution in [1.29, 1.82) is 0 Å². The normalized spacial score (nSPS) is 22.1. The highest BCUT2D eigenvalue weighted by molar-refractivity contribution is 6.13. The van der Waals surface area contributed by atoms with Gasteiger partial charge in [-0.15, -0.1) is 0 Å². The van der Waals surface area contributed by atoms with Gasteiger partial charge in [0.1, 0.15) is 5.60 Å². The second-order valence-electron chi connectivity index (χ2n) is 4.59. The Morgan fingerprint density at radius 1 is 1.40 bits per heavy atom. The fraction of sp³-hybridized carbons (Fsp3) is 0.700. The lowest BCUT2D eigenvalue weighted by atomic mass is 10.1. The smallest absolute Gasteiger partial charge is 0.417 e. The zero-order chi connectivity index (χ0) is 11.8. The van der Waals surface area contributed by atoms with Crippen LogP contribution in [-0.4, -0.2) is 34.8 Å². The summed E-state index contributed by atoms with van der Waals surface area (Å²) in [5.74, 6) is -1.45. The molecular weight excluding hydrogens is 198 g/mol. The molecule has 0 aromatic rings. The van der Waals surface area contributed by atoms with Crippen LogP contribution in [0.5, 0.6) is 0 Å². The number of likely N-dealkylation sites (tertiary alicyclic amines) is 1. The summed E-state index contributed by atoms with van der Waals surface area (Å²) in [4.78, 5) is 35.0. The monoisotopic (exact) mass is 213 g/mol. The Kier molecular flexibility index (Phi) is 2.83. The number of Topliss-reactive ketones (excluding diaryl/α,β-unsaturated/α-hetero) is 1. The highest BCUT2D eigenvalue weighted by Gasteiger charge is 2.41. The van der Waals surface area contributed by atoms with E-state index >= 15 is 0 Å². The van der Waals surface area contributed by atoms with Crippen molar-refractivity contribution in [2.45, 2.75) is 33.3 Å². The first kappa shape index (κ1) is 11.7. The van der Waals surface area contributed by atoms with Crippen molar-refractivity contribution in [3.8, 4) is 0 Å². The highest BCUT2D eigenvalue weighted by atomic mass is 16.6. The van der Waals surface area contributed by atoms with Gasteiger partial charge in [-0.3, -0.25) is 9.59 Å². The first-order valence-corrected chi connectivity index (χ1v) is 4.79. The van der Waals surface area contributed by atoms with Gasteiger partial charge >= 0.3 is 6.09 Å². The standard InChI is InChI=1S/C10H15NO4/c1-6-7(12)5-11(8(6)13)9(14)15-10(2,3)4/h6H,5H2,1-4H3. The molecule has 0 aromatic carbocycles. The van der Waals surface area contributed by atoms with Crippen molar-refractivity contribution in [2.75, 3.05) is 6.54 Å². The van der Waals surface area contributed by atoms with Crippen LogP contribution in [0.2, 0.25) is 0 Å². The number of imide groups is 1. The molecule has 2 amide bonds. The van der Waals surface area contributed by atoms with Crippen molar-refractivity contribution in [1.82, 2.24) is 4.90 Å². The third kappa shape index (κ3) is 2.55. The zero-order valence-corrected chi connectivity index (χ0v) is 9.36. The van der Waals surface area contributed by atoms with E-state index in [-0.39, 0.29) is 12.3 Å². The number of carbonyl (C=O) groups is 3. The Labute approximate surface area is 88.4 Å². The van der Waals surface area contributed by atoms with Crippen molar-refractivity contribution >= 4 is 17.8 Å². The van der Waals surface area contributed by atoms with Gasteiger partial charge in [-0.05, 0) is 27.7 Å². The lowest BCUT2D eigenvalue weighted by Gasteiger charge is -2.22. The van der Waals surface area contributed by atoms with Gasteiger partial charge in [0.05, 0.1) is 12.5 Å². The van der Waals surface area contributed by atoms with Crippen LogP contribution < -0.4 is 0 Å². The molecule has 1 fully saturated rings. The van der Waals surface area contributed by atoms with Gasteiger partial charge in [-0.25, -0.2) is 9.69 Å². The van der Waals surface area contributed by atoms with E-state index in [0.29, 0.717) is 0 Å². The van der Waals surface area contributed by atoms with Crippen molar-refractivity contribution < 1.29 is 19.1 Å². The van der Waals surface area contributed by atoms with E-state index in [2.05, 4.69) is 0 Å². The molecule has 1 saturated heterocycles. The Morgan fingerprint density at radius 3 is 2.27 bits per heavy atom. The number of carbonyl (C=O) groups excluding carboxylic acids is 3. The molecule has 0 N–H and O–H groups in total. The molecule has 84 valence electrons. The molecule has 0 spiro atoms. The fourth-order valence-electron chi connectivity index (χ4n) is 1.21. The first-order valence-electron chi connectivity index (χ1n) is 4.79. The minimum Gasteiger partial charge on any atom is -0.443 e. The van der Waals surface area contributed by atoms with Crippen LogP contribution in [0.3, 0.4) is 0 Å². The summed E-state index contributed by atoms with van der Waals surface area (Å²) in [6.07, 6.45) is -0.745. The van der Waals surface area contributed by atoms with Crippen LogP contribution in [0, 0.1) is 5.92 Å². The predicted molar refractivity (Wildman–Crippen MR) is 52.1 cm³/mol. The quantitative estimate of drug-likeness (QED) is 0.562. The first-order chi connectivity index (χ1) is 6.72. The molecule has 1 aliphatic heterocycles. The number of ketones is 1. The Morgan fingerprint density at radius 2 is 1.93 bits per heavy atom. The number of ether oxygens (including phenoxy) is 1. The maximum Gasteiger partial charge on any atom is 0.417 e. The maximum atomic E-state index is 11.5. The number of hydrogen-bond donors (Lipinski definition) is 0. The molecule has 0 bridgehead atoms. The number of nitrogens with zero attached hydrogens (tertiary/aromatic N) is 1. The van der Waals surface area contributed by atoms with Crippen molar-refractivity contribution in [3.05, 3.63) is 0 Å². The Balaban J connectivity index is 2.71. The van der Waals surface area contributed by atoms with Crippen LogP contribution in [0.25, 0.3) is 0 Å². The summed E-state index contributed by atoms with van der Waals surface area (Å²) >= 11 is 0. The summed E-state index contributed by atoms with van der Waals surface area (Å²) in [5.41, 5.74) is -0.660. The molecule has 5 nitrogen and oxygen atoms in total. The van der Waals surface area contributed by atoms with Gasteiger partial charge in [0.15, 0.2) is 5.78 Å². The van der Waals surface area contributed by atoms with Gasteiger partial charge in [0, 0.05) is 0 Å². The number of amides is 2. The number of rotatable bonds is 0. The summed E-state index contributed by atoms with van der Waals surface area (Å²) in [6.45, 7) is 6.44. The van der Waals surface area contributed by atoms with Gasteiger partial charge in [-0.1, -0.05) is 0 Å². The average molecular weight is 213 g/mol. The molecule has 1 aliphatic rings. The van der Waals surface area contributed by atoms with E-state index in [1.54, 1.807) is 20.8 Å². The average Bonchev–Trinajstić information content (AvgIpc) is 2.30. The maximum absolute atomic E-state index is 11.5. The summed E-state index contributed by atoms with van der Waals surface area (Å²) in [7, 11) is 0. The molecule has 0 aromatic heterocycles. The van der Waals surface area contributed by atoms with Gasteiger partial charge < -0.3 is 4.74 Å². The van der Waals surface area contributed by atoms with Crippen LogP contribution in [0.1, 0.15) is 27.7 Å². The Bertz CT molecular complexity index is 316. The highest BCUT2D eigenvalue weighted by Crippen LogP contribution is 2.17. The molecule has 15 heavy (non-hydrogen) atoms. The molecule has 0 saturated carbocycles. The largest absolute Gasteiger partial charge is 0.443 e. The Hall–Kier alpha value is -1.39. The molecular formula is C10H15NO4. The van der Waals surface area contributed by atoms with Crippen LogP contribution in [0.15, 0.2) is 0 Å². The van der Waals surface area contributed by atoms with Crippen molar-refractivity contribution in [2.24, 2.45) is 5.92 Å². The third-order valence-electron chi connectivity index (χ3n) is 2.05. The van der Waals surface area contributed by atoms with Crippen molar-refractivity contribution in [3.63, 3.8) is 0 Å². The van der Waals surface area contributed by atoms with Crippen LogP contribution >= 0.6 is 0 Å². The minimum atomic E-state index is -0.745. The molecule has 1 atom stereocenters. The minimum absolute atomic E-state index is 0.172. The van der Waals surface area contributed by atoms with Crippen LogP contribution in [-0.2, 0) is 14.3 Å². The van der Waals surface area contributed by atoms with E-state index in [4.69, 9.17) is 4.74 Å².